The molecule has 7 nitrogen and oxygen atoms in total. The topological polar surface area (TPSA) is 78.3 Å². The summed E-state index contributed by atoms with van der Waals surface area (Å²) >= 11 is 1.36. The maximum Gasteiger partial charge on any atom is 0.237 e. The second-order valence-corrected chi connectivity index (χ2v) is 8.37. The molecule has 1 aromatic heterocycles. The summed E-state index contributed by atoms with van der Waals surface area (Å²) in [6.45, 7) is 4.31. The Morgan fingerprint density at radius 2 is 1.93 bits per heavy atom. The number of anilines is 1. The molecule has 0 unspecified atom stereocenters. The van der Waals surface area contributed by atoms with Crippen molar-refractivity contribution in [3.05, 3.63) is 59.9 Å². The summed E-state index contributed by atoms with van der Waals surface area (Å²) in [6, 6.07) is 15.4. The van der Waals surface area contributed by atoms with Gasteiger partial charge in [-0.3, -0.25) is 4.79 Å². The van der Waals surface area contributed by atoms with Crippen LogP contribution in [0.1, 0.15) is 31.3 Å². The second kappa shape index (κ2) is 8.79. The van der Waals surface area contributed by atoms with E-state index >= 15 is 0 Å². The number of hydrogen-bond acceptors (Lipinski definition) is 6. The molecule has 0 saturated heterocycles. The van der Waals surface area contributed by atoms with Crippen molar-refractivity contribution in [2.45, 2.75) is 36.8 Å². The standard InChI is InChI=1S/C22H24N4O3S/c1-4-15-9-11-16(12-10-15)23-21(27)14(2)30-22-25-24-20(26(22)3)19-13-28-17-7-5-6-8-18(17)29-19/h5-12,14,19H,4,13H2,1-3H3,(H,23,27)/t14-,19+/m1/s1. The zero-order valence-corrected chi connectivity index (χ0v) is 18.0. The van der Waals surface area contributed by atoms with E-state index < -0.39 is 0 Å². The van der Waals surface area contributed by atoms with Crippen LogP contribution in [0.3, 0.4) is 0 Å². The van der Waals surface area contributed by atoms with E-state index in [4.69, 9.17) is 9.47 Å². The molecule has 1 amide bonds. The molecule has 0 aliphatic carbocycles. The van der Waals surface area contributed by atoms with Crippen molar-refractivity contribution in [3.63, 3.8) is 0 Å². The predicted molar refractivity (Wildman–Crippen MR) is 116 cm³/mol. The zero-order chi connectivity index (χ0) is 21.1. The summed E-state index contributed by atoms with van der Waals surface area (Å²) in [5.41, 5.74) is 2.02. The minimum Gasteiger partial charge on any atom is -0.485 e. The molecule has 30 heavy (non-hydrogen) atoms. The van der Waals surface area contributed by atoms with Gasteiger partial charge in [0.1, 0.15) is 6.61 Å². The van der Waals surface area contributed by atoms with Gasteiger partial charge < -0.3 is 19.4 Å². The SMILES string of the molecule is CCc1ccc(NC(=O)[C@@H](C)Sc2nnc([C@@H]3COc4ccccc4O3)n2C)cc1. The van der Waals surface area contributed by atoms with Gasteiger partial charge in [-0.2, -0.15) is 0 Å². The fourth-order valence-electron chi connectivity index (χ4n) is 3.14. The van der Waals surface area contributed by atoms with Gasteiger partial charge in [-0.15, -0.1) is 10.2 Å². The molecule has 8 heteroatoms. The number of benzene rings is 2. The maximum absolute atomic E-state index is 12.6. The van der Waals surface area contributed by atoms with Crippen molar-refractivity contribution in [1.29, 1.82) is 0 Å². The summed E-state index contributed by atoms with van der Waals surface area (Å²) < 4.78 is 13.7. The van der Waals surface area contributed by atoms with Crippen molar-refractivity contribution < 1.29 is 14.3 Å². The molecule has 1 N–H and O–H groups in total. The third kappa shape index (κ3) is 4.28. The Kier molecular flexibility index (Phi) is 5.94. The highest BCUT2D eigenvalue weighted by atomic mass is 32.2. The Morgan fingerprint density at radius 3 is 2.67 bits per heavy atom. The number of fused-ring (bicyclic) bond motifs is 1. The lowest BCUT2D eigenvalue weighted by atomic mass is 10.1. The molecule has 0 radical (unpaired) electrons. The smallest absolute Gasteiger partial charge is 0.237 e. The monoisotopic (exact) mass is 424 g/mol. The highest BCUT2D eigenvalue weighted by Crippen LogP contribution is 2.36. The lowest BCUT2D eigenvalue weighted by Crippen LogP contribution is -2.25. The van der Waals surface area contributed by atoms with Crippen molar-refractivity contribution in [1.82, 2.24) is 14.8 Å². The number of para-hydroxylation sites is 2. The molecular weight excluding hydrogens is 400 g/mol. The van der Waals surface area contributed by atoms with Crippen molar-refractivity contribution >= 4 is 23.4 Å². The Hall–Kier alpha value is -3.00. The molecule has 4 rings (SSSR count). The van der Waals surface area contributed by atoms with Crippen LogP contribution in [0.5, 0.6) is 11.5 Å². The van der Waals surface area contributed by atoms with Gasteiger partial charge in [-0.25, -0.2) is 0 Å². The van der Waals surface area contributed by atoms with E-state index in [1.807, 2.05) is 67.1 Å². The van der Waals surface area contributed by atoms with Gasteiger partial charge in [0.25, 0.3) is 0 Å². The van der Waals surface area contributed by atoms with E-state index in [0.29, 0.717) is 23.3 Å². The number of carbonyl (C=O) groups is 1. The van der Waals surface area contributed by atoms with Crippen LogP contribution in [0.25, 0.3) is 0 Å². The van der Waals surface area contributed by atoms with Gasteiger partial charge >= 0.3 is 0 Å². The summed E-state index contributed by atoms with van der Waals surface area (Å²) in [5.74, 6) is 1.99. The van der Waals surface area contributed by atoms with Crippen LogP contribution >= 0.6 is 11.8 Å². The third-order valence-corrected chi connectivity index (χ3v) is 6.08. The Bertz CT molecular complexity index is 1040. The number of nitrogens with one attached hydrogen (secondary N) is 1. The summed E-state index contributed by atoms with van der Waals surface area (Å²) in [7, 11) is 1.87. The lowest BCUT2D eigenvalue weighted by molar-refractivity contribution is -0.115. The molecule has 2 heterocycles. The van der Waals surface area contributed by atoms with Gasteiger partial charge in [-0.1, -0.05) is 43.0 Å². The van der Waals surface area contributed by atoms with Gasteiger partial charge in [0.05, 0.1) is 5.25 Å². The van der Waals surface area contributed by atoms with Crippen LogP contribution in [0, 0.1) is 0 Å². The number of carbonyl (C=O) groups excluding carboxylic acids is 1. The Morgan fingerprint density at radius 1 is 1.20 bits per heavy atom. The van der Waals surface area contributed by atoms with E-state index in [2.05, 4.69) is 22.4 Å². The first-order valence-electron chi connectivity index (χ1n) is 9.89. The molecule has 2 aromatic carbocycles. The van der Waals surface area contributed by atoms with E-state index in [-0.39, 0.29) is 17.3 Å². The van der Waals surface area contributed by atoms with E-state index in [1.165, 1.54) is 17.3 Å². The van der Waals surface area contributed by atoms with Gasteiger partial charge in [-0.05, 0) is 43.2 Å². The summed E-state index contributed by atoms with van der Waals surface area (Å²) in [5, 5.41) is 11.8. The number of aromatic nitrogens is 3. The normalized spacial score (nSPS) is 16.2. The first-order valence-corrected chi connectivity index (χ1v) is 10.8. The quantitative estimate of drug-likeness (QED) is 0.603. The zero-order valence-electron chi connectivity index (χ0n) is 17.2. The van der Waals surface area contributed by atoms with Crippen LogP contribution in [-0.2, 0) is 18.3 Å². The van der Waals surface area contributed by atoms with Gasteiger partial charge in [0.2, 0.25) is 5.91 Å². The Balaban J connectivity index is 1.40. The molecule has 0 saturated carbocycles. The average Bonchev–Trinajstić information content (AvgIpc) is 3.13. The highest BCUT2D eigenvalue weighted by Gasteiger charge is 2.28. The Labute approximate surface area is 179 Å². The fourth-order valence-corrected chi connectivity index (χ4v) is 3.96. The molecule has 0 fully saturated rings. The maximum atomic E-state index is 12.6. The third-order valence-electron chi connectivity index (χ3n) is 4.95. The molecule has 1 aliphatic rings. The van der Waals surface area contributed by atoms with Crippen molar-refractivity contribution in [3.8, 4) is 11.5 Å². The number of amides is 1. The van der Waals surface area contributed by atoms with Crippen LogP contribution in [-0.4, -0.2) is 32.5 Å². The van der Waals surface area contributed by atoms with Crippen LogP contribution in [0.4, 0.5) is 5.69 Å². The predicted octanol–water partition coefficient (Wildman–Crippen LogP) is 4.01. The minimum atomic E-state index is -0.354. The average molecular weight is 425 g/mol. The van der Waals surface area contributed by atoms with E-state index in [9.17, 15) is 4.79 Å². The minimum absolute atomic E-state index is 0.0834. The highest BCUT2D eigenvalue weighted by molar-refractivity contribution is 8.00. The van der Waals surface area contributed by atoms with E-state index in [0.717, 1.165) is 17.9 Å². The number of nitrogens with zero attached hydrogens (tertiary/aromatic N) is 3. The molecule has 3 aromatic rings. The van der Waals surface area contributed by atoms with E-state index in [1.54, 1.807) is 0 Å². The van der Waals surface area contributed by atoms with Crippen molar-refractivity contribution in [2.24, 2.45) is 7.05 Å². The van der Waals surface area contributed by atoms with Gasteiger partial charge in [0.15, 0.2) is 28.6 Å². The van der Waals surface area contributed by atoms with Crippen molar-refractivity contribution in [2.75, 3.05) is 11.9 Å². The number of thioether (sulfide) groups is 1. The lowest BCUT2D eigenvalue weighted by Gasteiger charge is -2.25. The summed E-state index contributed by atoms with van der Waals surface area (Å²) in [6.07, 6.45) is 0.615. The number of ether oxygens (including phenoxy) is 2. The largest absolute Gasteiger partial charge is 0.485 e. The number of rotatable bonds is 6. The first-order chi connectivity index (χ1) is 14.5. The van der Waals surface area contributed by atoms with Gasteiger partial charge in [0, 0.05) is 12.7 Å². The second-order valence-electron chi connectivity index (χ2n) is 7.06. The molecule has 156 valence electrons. The molecular formula is C22H24N4O3S. The molecule has 1 aliphatic heterocycles. The molecule has 2 atom stereocenters. The van der Waals surface area contributed by atoms with Crippen LogP contribution in [0.15, 0.2) is 53.7 Å². The fraction of sp³-hybridized carbons (Fsp3) is 0.318. The van der Waals surface area contributed by atoms with Crippen LogP contribution in [0.2, 0.25) is 0 Å². The number of hydrogen-bond donors (Lipinski definition) is 1. The number of aryl methyl sites for hydroxylation is 1. The molecule has 0 spiro atoms. The summed E-state index contributed by atoms with van der Waals surface area (Å²) in [4.78, 5) is 12.6. The first kappa shape index (κ1) is 20.3. The van der Waals surface area contributed by atoms with Crippen LogP contribution < -0.4 is 14.8 Å². The molecule has 0 bridgehead atoms.